The summed E-state index contributed by atoms with van der Waals surface area (Å²) < 4.78 is 33.4. The van der Waals surface area contributed by atoms with Crippen LogP contribution in [0.4, 0.5) is 8.78 Å². The van der Waals surface area contributed by atoms with E-state index in [2.05, 4.69) is 10.4 Å². The Kier molecular flexibility index (Phi) is 4.26. The number of ether oxygens (including phenoxy) is 1. The molecule has 106 valence electrons. The standard InChI is InChI=1S/C14H15F2N3O/c1-8-5-6-9(15)11(12(8)16)14(19-17)13-10(20-2)4-3-7-18-13/h3-7,14,19H,17H2,1-2H3. The Bertz CT molecular complexity index is 619. The molecule has 0 aliphatic heterocycles. The summed E-state index contributed by atoms with van der Waals surface area (Å²) in [6.07, 6.45) is 1.51. The van der Waals surface area contributed by atoms with Gasteiger partial charge < -0.3 is 4.74 Å². The maximum Gasteiger partial charge on any atom is 0.142 e. The van der Waals surface area contributed by atoms with Crippen molar-refractivity contribution < 1.29 is 13.5 Å². The Labute approximate surface area is 115 Å². The van der Waals surface area contributed by atoms with Crippen molar-refractivity contribution in [3.63, 3.8) is 0 Å². The summed E-state index contributed by atoms with van der Waals surface area (Å²) in [6.45, 7) is 1.56. The van der Waals surface area contributed by atoms with E-state index in [1.807, 2.05) is 0 Å². The highest BCUT2D eigenvalue weighted by atomic mass is 19.1. The topological polar surface area (TPSA) is 60.2 Å². The average Bonchev–Trinajstić information content (AvgIpc) is 2.47. The van der Waals surface area contributed by atoms with Crippen LogP contribution in [0.3, 0.4) is 0 Å². The number of hydrogen-bond acceptors (Lipinski definition) is 4. The van der Waals surface area contributed by atoms with Crippen molar-refractivity contribution in [2.45, 2.75) is 13.0 Å². The number of pyridine rings is 1. The van der Waals surface area contributed by atoms with E-state index >= 15 is 0 Å². The predicted molar refractivity (Wildman–Crippen MR) is 71.1 cm³/mol. The summed E-state index contributed by atoms with van der Waals surface area (Å²) in [4.78, 5) is 4.11. The molecule has 4 nitrogen and oxygen atoms in total. The quantitative estimate of drug-likeness (QED) is 0.665. The molecule has 2 aromatic rings. The van der Waals surface area contributed by atoms with E-state index in [-0.39, 0.29) is 5.56 Å². The lowest BCUT2D eigenvalue weighted by Crippen LogP contribution is -2.31. The van der Waals surface area contributed by atoms with E-state index in [1.54, 1.807) is 19.1 Å². The van der Waals surface area contributed by atoms with Gasteiger partial charge in [0.05, 0.1) is 13.2 Å². The summed E-state index contributed by atoms with van der Waals surface area (Å²) in [5.74, 6) is 4.53. The molecule has 3 N–H and O–H groups in total. The number of methoxy groups -OCH3 is 1. The zero-order valence-corrected chi connectivity index (χ0v) is 11.2. The fourth-order valence-corrected chi connectivity index (χ4v) is 2.03. The Morgan fingerprint density at radius 3 is 2.70 bits per heavy atom. The van der Waals surface area contributed by atoms with Gasteiger partial charge in [-0.1, -0.05) is 6.07 Å². The van der Waals surface area contributed by atoms with Gasteiger partial charge in [-0.05, 0) is 30.7 Å². The van der Waals surface area contributed by atoms with Crippen molar-refractivity contribution in [1.82, 2.24) is 10.4 Å². The van der Waals surface area contributed by atoms with Crippen molar-refractivity contribution in [2.24, 2.45) is 5.84 Å². The number of hydrogen-bond donors (Lipinski definition) is 2. The minimum Gasteiger partial charge on any atom is -0.495 e. The van der Waals surface area contributed by atoms with Crippen LogP contribution in [0.15, 0.2) is 30.5 Å². The second-order valence-electron chi connectivity index (χ2n) is 4.28. The van der Waals surface area contributed by atoms with Crippen LogP contribution in [0.1, 0.15) is 22.9 Å². The van der Waals surface area contributed by atoms with Crippen LogP contribution in [0, 0.1) is 18.6 Å². The van der Waals surface area contributed by atoms with Gasteiger partial charge in [0, 0.05) is 11.8 Å². The summed E-state index contributed by atoms with van der Waals surface area (Å²) in [6, 6.07) is 4.95. The van der Waals surface area contributed by atoms with E-state index < -0.39 is 17.7 Å². The molecule has 20 heavy (non-hydrogen) atoms. The van der Waals surface area contributed by atoms with Gasteiger partial charge >= 0.3 is 0 Å². The molecule has 0 aliphatic rings. The first kappa shape index (κ1) is 14.4. The van der Waals surface area contributed by atoms with Crippen LogP contribution in [0.25, 0.3) is 0 Å². The first-order valence-electron chi connectivity index (χ1n) is 5.99. The first-order chi connectivity index (χ1) is 9.60. The van der Waals surface area contributed by atoms with Crippen LogP contribution < -0.4 is 16.0 Å². The Hall–Kier alpha value is -2.05. The van der Waals surface area contributed by atoms with E-state index in [1.165, 1.54) is 25.4 Å². The molecular weight excluding hydrogens is 264 g/mol. The lowest BCUT2D eigenvalue weighted by atomic mass is 9.99. The average molecular weight is 279 g/mol. The van der Waals surface area contributed by atoms with Gasteiger partial charge in [-0.3, -0.25) is 10.8 Å². The summed E-state index contributed by atoms with van der Waals surface area (Å²) in [7, 11) is 1.46. The third kappa shape index (κ3) is 2.48. The van der Waals surface area contributed by atoms with E-state index in [9.17, 15) is 8.78 Å². The molecule has 1 aromatic heterocycles. The predicted octanol–water partition coefficient (Wildman–Crippen LogP) is 2.23. The number of hydrazine groups is 1. The number of halogens is 2. The van der Waals surface area contributed by atoms with Crippen molar-refractivity contribution in [3.05, 3.63) is 58.9 Å². The molecule has 0 bridgehead atoms. The molecule has 0 spiro atoms. The molecular formula is C14H15F2N3O. The fraction of sp³-hybridized carbons (Fsp3) is 0.214. The molecule has 2 rings (SSSR count). The van der Waals surface area contributed by atoms with Crippen LogP contribution in [0.5, 0.6) is 5.75 Å². The number of aromatic nitrogens is 1. The first-order valence-corrected chi connectivity index (χ1v) is 5.99. The Morgan fingerprint density at radius 2 is 2.05 bits per heavy atom. The molecule has 1 unspecified atom stereocenters. The molecule has 1 atom stereocenters. The zero-order valence-electron chi connectivity index (χ0n) is 11.2. The lowest BCUT2D eigenvalue weighted by molar-refractivity contribution is 0.397. The number of nitrogens with one attached hydrogen (secondary N) is 1. The third-order valence-electron chi connectivity index (χ3n) is 3.07. The number of benzene rings is 1. The zero-order chi connectivity index (χ0) is 14.7. The van der Waals surface area contributed by atoms with E-state index in [4.69, 9.17) is 10.6 Å². The van der Waals surface area contributed by atoms with E-state index in [0.29, 0.717) is 17.0 Å². The van der Waals surface area contributed by atoms with Gasteiger partial charge in [-0.15, -0.1) is 0 Å². The molecule has 0 radical (unpaired) electrons. The second kappa shape index (κ2) is 5.94. The molecule has 1 aromatic carbocycles. The smallest absolute Gasteiger partial charge is 0.142 e. The number of nitrogens with zero attached hydrogens (tertiary/aromatic N) is 1. The maximum absolute atomic E-state index is 14.2. The van der Waals surface area contributed by atoms with Gasteiger partial charge in [-0.2, -0.15) is 0 Å². The minimum absolute atomic E-state index is 0.176. The molecule has 0 saturated heterocycles. The van der Waals surface area contributed by atoms with Gasteiger partial charge in [0.15, 0.2) is 0 Å². The van der Waals surface area contributed by atoms with Crippen molar-refractivity contribution in [3.8, 4) is 5.75 Å². The summed E-state index contributed by atoms with van der Waals surface area (Å²) in [5, 5.41) is 0. The van der Waals surface area contributed by atoms with Gasteiger partial charge in [0.1, 0.15) is 23.1 Å². The molecule has 0 amide bonds. The highest BCUT2D eigenvalue weighted by Crippen LogP contribution is 2.31. The maximum atomic E-state index is 14.2. The van der Waals surface area contributed by atoms with Gasteiger partial charge in [-0.25, -0.2) is 14.2 Å². The SMILES string of the molecule is COc1cccnc1C(NN)c1c(F)ccc(C)c1F. The molecule has 0 saturated carbocycles. The monoisotopic (exact) mass is 279 g/mol. The van der Waals surface area contributed by atoms with Crippen LogP contribution >= 0.6 is 0 Å². The van der Waals surface area contributed by atoms with Crippen molar-refractivity contribution in [2.75, 3.05) is 7.11 Å². The summed E-state index contributed by atoms with van der Waals surface area (Å²) in [5.41, 5.74) is 2.87. The molecule has 1 heterocycles. The van der Waals surface area contributed by atoms with Gasteiger partial charge in [0.2, 0.25) is 0 Å². The normalized spacial score (nSPS) is 12.2. The molecule has 6 heteroatoms. The Balaban J connectivity index is 2.62. The fourth-order valence-electron chi connectivity index (χ4n) is 2.03. The van der Waals surface area contributed by atoms with Crippen molar-refractivity contribution in [1.29, 1.82) is 0 Å². The largest absolute Gasteiger partial charge is 0.495 e. The van der Waals surface area contributed by atoms with Crippen LogP contribution in [-0.2, 0) is 0 Å². The van der Waals surface area contributed by atoms with Gasteiger partial charge in [0.25, 0.3) is 0 Å². The van der Waals surface area contributed by atoms with Crippen LogP contribution in [0.2, 0.25) is 0 Å². The lowest BCUT2D eigenvalue weighted by Gasteiger charge is -2.20. The summed E-state index contributed by atoms with van der Waals surface area (Å²) >= 11 is 0. The minimum atomic E-state index is -0.939. The third-order valence-corrected chi connectivity index (χ3v) is 3.07. The van der Waals surface area contributed by atoms with Crippen molar-refractivity contribution >= 4 is 0 Å². The number of aryl methyl sites for hydroxylation is 1. The second-order valence-corrected chi connectivity index (χ2v) is 4.28. The molecule has 0 fully saturated rings. The highest BCUT2D eigenvalue weighted by molar-refractivity contribution is 5.39. The Morgan fingerprint density at radius 1 is 1.30 bits per heavy atom. The molecule has 0 aliphatic carbocycles. The number of nitrogens with two attached hydrogens (primary N) is 1. The highest BCUT2D eigenvalue weighted by Gasteiger charge is 2.25. The number of rotatable bonds is 4. The van der Waals surface area contributed by atoms with E-state index in [0.717, 1.165) is 0 Å². The van der Waals surface area contributed by atoms with Crippen LogP contribution in [-0.4, -0.2) is 12.1 Å².